The minimum atomic E-state index is -0.994. The van der Waals surface area contributed by atoms with Gasteiger partial charge in [-0.25, -0.2) is 4.79 Å². The molecule has 0 radical (unpaired) electrons. The molecule has 0 aliphatic heterocycles. The Balaban J connectivity index is 2.46. The number of carbonyl (C=O) groups is 2. The van der Waals surface area contributed by atoms with Crippen molar-refractivity contribution in [2.24, 2.45) is 5.92 Å². The van der Waals surface area contributed by atoms with Crippen LogP contribution in [0.1, 0.15) is 20.3 Å². The topological polar surface area (TPSA) is 75.6 Å². The molecule has 1 atom stereocenters. The van der Waals surface area contributed by atoms with E-state index in [0.29, 0.717) is 6.42 Å². The van der Waals surface area contributed by atoms with Gasteiger partial charge in [-0.3, -0.25) is 4.79 Å². The number of nitrogens with one attached hydrogen (secondary N) is 1. The molecule has 0 saturated heterocycles. The summed E-state index contributed by atoms with van der Waals surface area (Å²) in [6.45, 7) is 3.85. The molecule has 0 aliphatic rings. The van der Waals surface area contributed by atoms with Crippen LogP contribution in [0, 0.1) is 5.92 Å². The van der Waals surface area contributed by atoms with Crippen LogP contribution in [0.15, 0.2) is 29.2 Å². The zero-order valence-corrected chi connectivity index (χ0v) is 13.3. The Kier molecular flexibility index (Phi) is 7.08. The molecular formula is C15H21NO4S. The number of methoxy groups -OCH3 is 1. The molecule has 0 aromatic heterocycles. The van der Waals surface area contributed by atoms with Gasteiger partial charge in [0.15, 0.2) is 0 Å². The maximum absolute atomic E-state index is 11.8. The number of carbonyl (C=O) groups excluding carboxylic acids is 1. The summed E-state index contributed by atoms with van der Waals surface area (Å²) in [4.78, 5) is 23.8. The summed E-state index contributed by atoms with van der Waals surface area (Å²) in [5.41, 5.74) is 0. The van der Waals surface area contributed by atoms with Crippen molar-refractivity contribution in [2.75, 3.05) is 12.9 Å². The number of hydrogen-bond donors (Lipinski definition) is 2. The zero-order valence-electron chi connectivity index (χ0n) is 12.5. The molecule has 0 aliphatic carbocycles. The summed E-state index contributed by atoms with van der Waals surface area (Å²) < 4.78 is 5.06. The van der Waals surface area contributed by atoms with Crippen LogP contribution in [-0.4, -0.2) is 35.9 Å². The summed E-state index contributed by atoms with van der Waals surface area (Å²) in [5.74, 6) is -0.114. The van der Waals surface area contributed by atoms with Gasteiger partial charge in [-0.05, 0) is 36.6 Å². The van der Waals surface area contributed by atoms with Crippen molar-refractivity contribution in [2.45, 2.75) is 31.2 Å². The van der Waals surface area contributed by atoms with Crippen molar-refractivity contribution >= 4 is 23.6 Å². The standard InChI is InChI=1S/C15H21NO4S/c1-10(2)8-13(15(18)19)16-14(17)9-21-12-6-4-11(20-3)5-7-12/h4-7,10,13H,8-9H2,1-3H3,(H,16,17)(H,18,19)/t13-/m0/s1. The predicted octanol–water partition coefficient (Wildman–Crippen LogP) is 2.40. The van der Waals surface area contributed by atoms with Gasteiger partial charge in [0.1, 0.15) is 11.8 Å². The third-order valence-electron chi connectivity index (χ3n) is 2.77. The lowest BCUT2D eigenvalue weighted by Gasteiger charge is -2.16. The van der Waals surface area contributed by atoms with Crippen LogP contribution in [0.25, 0.3) is 0 Å². The van der Waals surface area contributed by atoms with Crippen molar-refractivity contribution in [3.8, 4) is 5.75 Å². The molecule has 2 N–H and O–H groups in total. The summed E-state index contributed by atoms with van der Waals surface area (Å²) >= 11 is 1.36. The van der Waals surface area contributed by atoms with Gasteiger partial charge in [-0.1, -0.05) is 13.8 Å². The van der Waals surface area contributed by atoms with E-state index < -0.39 is 12.0 Å². The number of rotatable bonds is 8. The number of carboxylic acid groups (broad SMARTS) is 1. The van der Waals surface area contributed by atoms with E-state index in [-0.39, 0.29) is 17.6 Å². The molecule has 21 heavy (non-hydrogen) atoms. The van der Waals surface area contributed by atoms with E-state index in [2.05, 4.69) is 5.32 Å². The molecule has 0 fully saturated rings. The molecular weight excluding hydrogens is 290 g/mol. The maximum atomic E-state index is 11.8. The van der Waals surface area contributed by atoms with E-state index in [1.807, 2.05) is 38.1 Å². The van der Waals surface area contributed by atoms with Crippen LogP contribution in [0.3, 0.4) is 0 Å². The van der Waals surface area contributed by atoms with E-state index in [0.717, 1.165) is 10.6 Å². The molecule has 5 nitrogen and oxygen atoms in total. The average molecular weight is 311 g/mol. The maximum Gasteiger partial charge on any atom is 0.326 e. The molecule has 116 valence electrons. The van der Waals surface area contributed by atoms with Crippen molar-refractivity contribution in [3.05, 3.63) is 24.3 Å². The van der Waals surface area contributed by atoms with E-state index in [9.17, 15) is 9.59 Å². The fourth-order valence-corrected chi connectivity index (χ4v) is 2.46. The van der Waals surface area contributed by atoms with Crippen LogP contribution < -0.4 is 10.1 Å². The van der Waals surface area contributed by atoms with E-state index in [1.54, 1.807) is 7.11 Å². The number of hydrogen-bond acceptors (Lipinski definition) is 4. The van der Waals surface area contributed by atoms with Crippen molar-refractivity contribution in [1.29, 1.82) is 0 Å². The quantitative estimate of drug-likeness (QED) is 0.721. The molecule has 1 rings (SSSR count). The second kappa shape index (κ2) is 8.56. The normalized spacial score (nSPS) is 12.0. The van der Waals surface area contributed by atoms with Gasteiger partial charge in [0.2, 0.25) is 5.91 Å². The first-order chi connectivity index (χ1) is 9.92. The Labute approximate surface area is 129 Å². The summed E-state index contributed by atoms with van der Waals surface area (Å²) in [6, 6.07) is 6.53. The Morgan fingerprint density at radius 3 is 2.38 bits per heavy atom. The van der Waals surface area contributed by atoms with Gasteiger partial charge in [0.05, 0.1) is 12.9 Å². The van der Waals surface area contributed by atoms with Gasteiger partial charge in [-0.15, -0.1) is 11.8 Å². The molecule has 0 spiro atoms. The molecule has 1 aromatic rings. The van der Waals surface area contributed by atoms with Crippen LogP contribution in [0.5, 0.6) is 5.75 Å². The van der Waals surface area contributed by atoms with Crippen LogP contribution in [0.2, 0.25) is 0 Å². The summed E-state index contributed by atoms with van der Waals surface area (Å²) in [6.07, 6.45) is 0.425. The first-order valence-electron chi connectivity index (χ1n) is 6.71. The minimum Gasteiger partial charge on any atom is -0.497 e. The molecule has 0 bridgehead atoms. The minimum absolute atomic E-state index is 0.189. The Bertz CT molecular complexity index is 473. The first-order valence-corrected chi connectivity index (χ1v) is 7.70. The highest BCUT2D eigenvalue weighted by atomic mass is 32.2. The SMILES string of the molecule is COc1ccc(SCC(=O)N[C@@H](CC(C)C)C(=O)O)cc1. The molecule has 1 aromatic carbocycles. The monoisotopic (exact) mass is 311 g/mol. The smallest absolute Gasteiger partial charge is 0.326 e. The van der Waals surface area contributed by atoms with E-state index in [1.165, 1.54) is 11.8 Å². The fourth-order valence-electron chi connectivity index (χ4n) is 1.75. The Hall–Kier alpha value is -1.69. The van der Waals surface area contributed by atoms with Gasteiger partial charge in [-0.2, -0.15) is 0 Å². The number of carboxylic acids is 1. The largest absolute Gasteiger partial charge is 0.497 e. The van der Waals surface area contributed by atoms with Crippen molar-refractivity contribution in [3.63, 3.8) is 0 Å². The van der Waals surface area contributed by atoms with Crippen LogP contribution in [0.4, 0.5) is 0 Å². The lowest BCUT2D eigenvalue weighted by atomic mass is 10.0. The van der Waals surface area contributed by atoms with Crippen molar-refractivity contribution in [1.82, 2.24) is 5.32 Å². The number of ether oxygens (including phenoxy) is 1. The third kappa shape index (κ3) is 6.53. The van der Waals surface area contributed by atoms with E-state index >= 15 is 0 Å². The van der Waals surface area contributed by atoms with E-state index in [4.69, 9.17) is 9.84 Å². The number of amides is 1. The number of benzene rings is 1. The average Bonchev–Trinajstić information content (AvgIpc) is 2.44. The lowest BCUT2D eigenvalue weighted by molar-refractivity contribution is -0.141. The molecule has 1 amide bonds. The summed E-state index contributed by atoms with van der Waals surface area (Å²) in [5, 5.41) is 11.6. The fraction of sp³-hybridized carbons (Fsp3) is 0.467. The third-order valence-corrected chi connectivity index (χ3v) is 3.78. The van der Waals surface area contributed by atoms with Gasteiger partial charge in [0, 0.05) is 4.90 Å². The highest BCUT2D eigenvalue weighted by molar-refractivity contribution is 8.00. The van der Waals surface area contributed by atoms with Gasteiger partial charge >= 0.3 is 5.97 Å². The zero-order chi connectivity index (χ0) is 15.8. The second-order valence-electron chi connectivity index (χ2n) is 5.05. The predicted molar refractivity (Wildman–Crippen MR) is 82.7 cm³/mol. The Morgan fingerprint density at radius 1 is 1.29 bits per heavy atom. The molecule has 0 unspecified atom stereocenters. The van der Waals surface area contributed by atoms with Crippen molar-refractivity contribution < 1.29 is 19.4 Å². The number of thioether (sulfide) groups is 1. The van der Waals surface area contributed by atoms with Gasteiger partial charge < -0.3 is 15.2 Å². The molecule has 6 heteroatoms. The first kappa shape index (κ1) is 17.4. The van der Waals surface area contributed by atoms with Gasteiger partial charge in [0.25, 0.3) is 0 Å². The highest BCUT2D eigenvalue weighted by Crippen LogP contribution is 2.21. The Morgan fingerprint density at radius 2 is 1.90 bits per heavy atom. The lowest BCUT2D eigenvalue weighted by Crippen LogP contribution is -2.42. The molecule has 0 saturated carbocycles. The number of aliphatic carboxylic acids is 1. The van der Waals surface area contributed by atoms with Crippen LogP contribution in [-0.2, 0) is 9.59 Å². The second-order valence-corrected chi connectivity index (χ2v) is 6.10. The molecule has 0 heterocycles. The van der Waals surface area contributed by atoms with Crippen LogP contribution >= 0.6 is 11.8 Å². The highest BCUT2D eigenvalue weighted by Gasteiger charge is 2.20. The summed E-state index contributed by atoms with van der Waals surface area (Å²) in [7, 11) is 1.59.